The number of likely N-dealkylation sites (tertiary alicyclic amines) is 1. The van der Waals surface area contributed by atoms with E-state index in [0.717, 1.165) is 25.1 Å². The summed E-state index contributed by atoms with van der Waals surface area (Å²) in [5, 5.41) is 0. The van der Waals surface area contributed by atoms with Gasteiger partial charge in [-0.25, -0.2) is 0 Å². The molecule has 0 aromatic heterocycles. The predicted molar refractivity (Wildman–Crippen MR) is 71.2 cm³/mol. The van der Waals surface area contributed by atoms with E-state index < -0.39 is 5.60 Å². The second-order valence-corrected chi connectivity index (χ2v) is 5.46. The van der Waals surface area contributed by atoms with Crippen molar-refractivity contribution in [2.45, 2.75) is 25.9 Å². The molecule has 1 fully saturated rings. The molecular weight excluding hydrogens is 226 g/mol. The molecule has 1 aromatic carbocycles. The number of ether oxygens (including phenoxy) is 1. The van der Waals surface area contributed by atoms with Gasteiger partial charge in [0.15, 0.2) is 0 Å². The Bertz CT molecular complexity index is 406. The van der Waals surface area contributed by atoms with E-state index in [4.69, 9.17) is 4.74 Å². The van der Waals surface area contributed by atoms with Crippen LogP contribution in [0.15, 0.2) is 30.3 Å². The lowest BCUT2D eigenvalue weighted by molar-refractivity contribution is -0.166. The minimum Gasteiger partial charge on any atom is -0.453 e. The minimum atomic E-state index is -0.487. The molecule has 0 aliphatic carbocycles. The molecule has 2 rings (SSSR count). The second-order valence-electron chi connectivity index (χ2n) is 5.46. The highest BCUT2D eigenvalue weighted by Gasteiger charge is 2.41. The number of piperidine rings is 1. The Morgan fingerprint density at radius 3 is 2.61 bits per heavy atom. The van der Waals surface area contributed by atoms with Crippen molar-refractivity contribution in [3.05, 3.63) is 35.9 Å². The molecule has 3 heteroatoms. The number of likely N-dealkylation sites (N-methyl/N-ethyl adjacent to an activating group) is 1. The van der Waals surface area contributed by atoms with Gasteiger partial charge in [0.05, 0.1) is 0 Å². The van der Waals surface area contributed by atoms with Gasteiger partial charge < -0.3 is 9.64 Å². The molecule has 3 nitrogen and oxygen atoms in total. The van der Waals surface area contributed by atoms with Crippen LogP contribution >= 0.6 is 0 Å². The van der Waals surface area contributed by atoms with Crippen molar-refractivity contribution in [2.75, 3.05) is 20.1 Å². The number of carbonyl (C=O) groups excluding carboxylic acids is 1. The van der Waals surface area contributed by atoms with Gasteiger partial charge in [-0.3, -0.25) is 4.79 Å². The van der Waals surface area contributed by atoms with E-state index in [1.807, 2.05) is 18.2 Å². The fourth-order valence-corrected chi connectivity index (χ4v) is 3.08. The Labute approximate surface area is 109 Å². The number of nitrogens with zero attached hydrogens (tertiary/aromatic N) is 1. The molecule has 1 aromatic rings. The Hall–Kier alpha value is -1.35. The largest absolute Gasteiger partial charge is 0.453 e. The Kier molecular flexibility index (Phi) is 3.71. The van der Waals surface area contributed by atoms with Crippen LogP contribution in [0.25, 0.3) is 0 Å². The molecule has 0 saturated carbocycles. The molecule has 2 atom stereocenters. The molecule has 1 saturated heterocycles. The van der Waals surface area contributed by atoms with Crippen molar-refractivity contribution in [3.63, 3.8) is 0 Å². The number of hydrogen-bond donors (Lipinski definition) is 0. The van der Waals surface area contributed by atoms with E-state index in [1.54, 1.807) is 0 Å². The van der Waals surface area contributed by atoms with Gasteiger partial charge >= 0.3 is 5.97 Å². The van der Waals surface area contributed by atoms with Crippen LogP contribution in [-0.4, -0.2) is 31.0 Å². The smallest absolute Gasteiger partial charge is 0.303 e. The van der Waals surface area contributed by atoms with Crippen LogP contribution in [0.2, 0.25) is 0 Å². The first-order chi connectivity index (χ1) is 8.52. The first-order valence-electron chi connectivity index (χ1n) is 6.45. The van der Waals surface area contributed by atoms with Crippen LogP contribution in [-0.2, 0) is 15.1 Å². The quantitative estimate of drug-likeness (QED) is 0.752. The van der Waals surface area contributed by atoms with Crippen molar-refractivity contribution in [1.29, 1.82) is 0 Å². The van der Waals surface area contributed by atoms with Crippen LogP contribution in [0, 0.1) is 5.92 Å². The molecular formula is C15H21NO2. The van der Waals surface area contributed by atoms with Gasteiger partial charge in [-0.15, -0.1) is 0 Å². The third-order valence-corrected chi connectivity index (χ3v) is 3.47. The van der Waals surface area contributed by atoms with Crippen LogP contribution in [0.4, 0.5) is 0 Å². The summed E-state index contributed by atoms with van der Waals surface area (Å²) in [5.41, 5.74) is 0.609. The number of benzene rings is 1. The zero-order valence-electron chi connectivity index (χ0n) is 11.3. The van der Waals surface area contributed by atoms with Crippen molar-refractivity contribution < 1.29 is 9.53 Å². The van der Waals surface area contributed by atoms with Crippen LogP contribution < -0.4 is 0 Å². The summed E-state index contributed by atoms with van der Waals surface area (Å²) in [4.78, 5) is 13.7. The number of carbonyl (C=O) groups is 1. The maximum Gasteiger partial charge on any atom is 0.303 e. The summed E-state index contributed by atoms with van der Waals surface area (Å²) in [6.45, 7) is 5.51. The maximum absolute atomic E-state index is 11.5. The molecule has 1 aliphatic heterocycles. The molecule has 1 aliphatic rings. The topological polar surface area (TPSA) is 29.5 Å². The average molecular weight is 247 g/mol. The highest BCUT2D eigenvalue weighted by molar-refractivity contribution is 5.67. The normalized spacial score (nSPS) is 28.9. The zero-order valence-corrected chi connectivity index (χ0v) is 11.3. The standard InChI is InChI=1S/C15H21NO2/c1-12-9-15(18-13(2)17,11-16(3)10-12)14-7-5-4-6-8-14/h4-8,12H,9-11H2,1-3H3. The molecule has 0 amide bonds. The first-order valence-corrected chi connectivity index (χ1v) is 6.45. The minimum absolute atomic E-state index is 0.207. The molecule has 0 radical (unpaired) electrons. The van der Waals surface area contributed by atoms with Crippen molar-refractivity contribution in [2.24, 2.45) is 5.92 Å². The number of esters is 1. The highest BCUT2D eigenvalue weighted by Crippen LogP contribution is 2.37. The average Bonchev–Trinajstić information content (AvgIpc) is 2.27. The molecule has 0 bridgehead atoms. The summed E-state index contributed by atoms with van der Waals surface area (Å²) in [6, 6.07) is 10.1. The Balaban J connectivity index is 2.37. The van der Waals surface area contributed by atoms with Crippen molar-refractivity contribution in [3.8, 4) is 0 Å². The number of hydrogen-bond acceptors (Lipinski definition) is 3. The lowest BCUT2D eigenvalue weighted by atomic mass is 9.81. The first kappa shape index (κ1) is 13.1. The second kappa shape index (κ2) is 5.11. The van der Waals surface area contributed by atoms with Crippen molar-refractivity contribution >= 4 is 5.97 Å². The van der Waals surface area contributed by atoms with Gasteiger partial charge in [0.2, 0.25) is 0 Å². The number of rotatable bonds is 2. The van der Waals surface area contributed by atoms with Gasteiger partial charge in [0.1, 0.15) is 5.60 Å². The molecule has 98 valence electrons. The fraction of sp³-hybridized carbons (Fsp3) is 0.533. The Morgan fingerprint density at radius 1 is 1.39 bits per heavy atom. The third-order valence-electron chi connectivity index (χ3n) is 3.47. The van der Waals surface area contributed by atoms with Crippen LogP contribution in [0.3, 0.4) is 0 Å². The lowest BCUT2D eigenvalue weighted by Crippen LogP contribution is -2.49. The zero-order chi connectivity index (χ0) is 13.2. The SMILES string of the molecule is CC(=O)OC1(c2ccccc2)CC(C)CN(C)C1. The van der Waals surface area contributed by atoms with Gasteiger partial charge in [-0.2, -0.15) is 0 Å². The van der Waals surface area contributed by atoms with E-state index in [2.05, 4.69) is 31.0 Å². The summed E-state index contributed by atoms with van der Waals surface area (Å²) in [7, 11) is 2.08. The molecule has 18 heavy (non-hydrogen) atoms. The molecule has 2 unspecified atom stereocenters. The van der Waals surface area contributed by atoms with E-state index in [-0.39, 0.29) is 5.97 Å². The summed E-state index contributed by atoms with van der Waals surface area (Å²) >= 11 is 0. The third kappa shape index (κ3) is 2.72. The molecule has 1 heterocycles. The van der Waals surface area contributed by atoms with Gasteiger partial charge in [-0.1, -0.05) is 37.3 Å². The lowest BCUT2D eigenvalue weighted by Gasteiger charge is -2.43. The van der Waals surface area contributed by atoms with Gasteiger partial charge in [-0.05, 0) is 24.9 Å². The summed E-state index contributed by atoms with van der Waals surface area (Å²) < 4.78 is 5.73. The van der Waals surface area contributed by atoms with Gasteiger partial charge in [0.25, 0.3) is 0 Å². The Morgan fingerprint density at radius 2 is 2.06 bits per heavy atom. The highest BCUT2D eigenvalue weighted by atomic mass is 16.6. The van der Waals surface area contributed by atoms with E-state index in [1.165, 1.54) is 6.92 Å². The van der Waals surface area contributed by atoms with Crippen LogP contribution in [0.5, 0.6) is 0 Å². The monoisotopic (exact) mass is 247 g/mol. The van der Waals surface area contributed by atoms with E-state index in [9.17, 15) is 4.79 Å². The summed E-state index contributed by atoms with van der Waals surface area (Å²) in [5.74, 6) is 0.310. The molecule has 0 spiro atoms. The summed E-state index contributed by atoms with van der Waals surface area (Å²) in [6.07, 6.45) is 0.890. The fourth-order valence-electron chi connectivity index (χ4n) is 3.08. The van der Waals surface area contributed by atoms with Gasteiger partial charge in [0, 0.05) is 20.0 Å². The van der Waals surface area contributed by atoms with E-state index in [0.29, 0.717) is 5.92 Å². The maximum atomic E-state index is 11.5. The molecule has 0 N–H and O–H groups in total. The van der Waals surface area contributed by atoms with E-state index >= 15 is 0 Å². The predicted octanol–water partition coefficient (Wildman–Crippen LogP) is 2.42. The van der Waals surface area contributed by atoms with Crippen molar-refractivity contribution in [1.82, 2.24) is 4.90 Å². The van der Waals surface area contributed by atoms with Crippen LogP contribution in [0.1, 0.15) is 25.8 Å².